The van der Waals surface area contributed by atoms with Gasteiger partial charge in [0, 0.05) is 143 Å². The van der Waals surface area contributed by atoms with Gasteiger partial charge in [-0.2, -0.15) is 0 Å². The van der Waals surface area contributed by atoms with E-state index >= 15 is 0 Å². The van der Waals surface area contributed by atoms with E-state index in [0.29, 0.717) is 13.1 Å². The molecule has 0 fully saturated rings. The van der Waals surface area contributed by atoms with Gasteiger partial charge in [-0.25, -0.2) is 0 Å². The highest BCUT2D eigenvalue weighted by atomic mass is 16.5. The van der Waals surface area contributed by atoms with Crippen LogP contribution >= 0.6 is 0 Å². The van der Waals surface area contributed by atoms with Crippen LogP contribution in [0.4, 0.5) is 0 Å². The molecule has 0 amide bonds. The molecule has 16 nitrogen and oxygen atoms in total. The number of fused-ring (bicyclic) bond motifs is 9. The molecular weight excluding hydrogens is 1760 g/mol. The van der Waals surface area contributed by atoms with E-state index in [1.54, 1.807) is 0 Å². The molecule has 0 aliphatic heterocycles. The zero-order valence-corrected chi connectivity index (χ0v) is 90.0. The van der Waals surface area contributed by atoms with Gasteiger partial charge in [-0.3, -0.25) is 9.97 Å². The summed E-state index contributed by atoms with van der Waals surface area (Å²) in [5.74, 6) is 3.03. The minimum Gasteiger partial charge on any atom is -0.494 e. The lowest BCUT2D eigenvalue weighted by molar-refractivity contribution is 0.304. The van der Waals surface area contributed by atoms with E-state index in [-0.39, 0.29) is 0 Å². The first-order valence-electron chi connectivity index (χ1n) is 55.3. The molecule has 0 saturated carbocycles. The van der Waals surface area contributed by atoms with Crippen LogP contribution in [0.3, 0.4) is 0 Å². The van der Waals surface area contributed by atoms with E-state index in [1.807, 2.05) is 32.2 Å². The minimum absolute atomic E-state index is 0.669. The molecule has 768 valence electrons. The standard InChI is InChI=1S/C22H35NO.C20H31NO.C19H29NO.C12H15N.2C11H14N2.2C11H13N.C10H13N3/c1-3-5-6-7-8-9-10-11-12-16-24-20-14-15-22-21(17-20)19(13-4-2)18-23-22;1-3-5-6-7-8-9-10-14-22-18-12-13-20-19(15-18)17(11-4-2)16-21-20;1-3-5-6-7-8-9-13-21-17-11-12-19-18(14-17)16(10-4-2)15-20-19;1-3-4-10-8-13-12-6-5-9(2)7-11(10)12;1-8-2-3-11-10(6-8)9(4-5-12)7-13-11;1-3-4-9-7-12-10-6-5-8(2)13-11(9)10;2*1-2-5-9-8-12-11-7-4-3-6-10(9)11;1-7-2-3-9-10(13-7)8(4-5-11)6-12-9/h14-15,17-18,23H,3-13,16H2,1-2H3;12-13,15-16,21H,3-11,14H2,1-2H3;11-12,14-15,20H,3-10,13H2,1-2H3;5-8,13H,3-4H2,1-2H3;2-3,6-7,13H,4-5,12H2,1H3;5-7,12H,3-4H2,1-2H3;2*3-4,6-8,12H,2,5H2,1H3;2-3,6,12H,4-5,11H2,1H3. The average Bonchev–Trinajstić information content (AvgIpc) is 1.64. The van der Waals surface area contributed by atoms with Crippen LogP contribution in [-0.2, 0) is 57.8 Å². The fourth-order valence-electron chi connectivity index (χ4n) is 18.8. The van der Waals surface area contributed by atoms with Crippen LogP contribution < -0.4 is 25.7 Å². The molecule has 11 aromatic heterocycles. The quantitative estimate of drug-likeness (QED) is 0.0165. The highest BCUT2D eigenvalue weighted by Crippen LogP contribution is 2.32. The van der Waals surface area contributed by atoms with Crippen molar-refractivity contribution in [2.45, 2.75) is 341 Å². The molecular formula is C127H177N13O3. The van der Waals surface area contributed by atoms with Crippen molar-refractivity contribution in [1.29, 1.82) is 0 Å². The van der Waals surface area contributed by atoms with Crippen molar-refractivity contribution in [2.24, 2.45) is 11.5 Å². The molecule has 0 spiro atoms. The molecule has 0 aliphatic carbocycles. The molecule has 11 heterocycles. The number of aromatic nitrogens is 11. The number of aryl methyl sites for hydroxylation is 11. The molecule has 0 saturated heterocycles. The van der Waals surface area contributed by atoms with Crippen molar-refractivity contribution in [2.75, 3.05) is 32.9 Å². The number of nitrogens with one attached hydrogen (secondary N) is 9. The number of nitrogens with two attached hydrogens (primary N) is 2. The van der Waals surface area contributed by atoms with Crippen LogP contribution in [0.1, 0.15) is 328 Å². The molecule has 0 radical (unpaired) electrons. The fraction of sp³-hybridized carbons (Fsp3) is 0.449. The average molecular weight is 1930 g/mol. The summed E-state index contributed by atoms with van der Waals surface area (Å²) >= 11 is 0. The third-order valence-electron chi connectivity index (χ3n) is 26.7. The van der Waals surface area contributed by atoms with Gasteiger partial charge in [0.15, 0.2) is 0 Å². The predicted molar refractivity (Wildman–Crippen MR) is 618 cm³/mol. The second kappa shape index (κ2) is 64.6. The normalized spacial score (nSPS) is 11.0. The fourth-order valence-corrected chi connectivity index (χ4v) is 18.8. The molecule has 143 heavy (non-hydrogen) atoms. The van der Waals surface area contributed by atoms with E-state index in [1.165, 1.54) is 337 Å². The van der Waals surface area contributed by atoms with E-state index in [9.17, 15) is 0 Å². The number of pyridine rings is 2. The maximum atomic E-state index is 5.96. The number of benzene rings is 7. The Bertz CT molecular complexity index is 6120. The summed E-state index contributed by atoms with van der Waals surface area (Å²) in [6.07, 6.45) is 66.3. The Labute approximate surface area is 856 Å². The highest BCUT2D eigenvalue weighted by molar-refractivity contribution is 5.89. The zero-order chi connectivity index (χ0) is 101. The Morgan fingerprint density at radius 2 is 0.434 bits per heavy atom. The summed E-state index contributed by atoms with van der Waals surface area (Å²) in [4.78, 5) is 38.5. The first kappa shape index (κ1) is 113. The zero-order valence-electron chi connectivity index (χ0n) is 90.0. The third kappa shape index (κ3) is 37.0. The molecule has 0 aliphatic rings. The van der Waals surface area contributed by atoms with Gasteiger partial charge in [-0.15, -0.1) is 0 Å². The summed E-state index contributed by atoms with van der Waals surface area (Å²) in [6.45, 7) is 34.5. The maximum Gasteiger partial charge on any atom is 0.120 e. The predicted octanol–water partition coefficient (Wildman–Crippen LogP) is 35.0. The summed E-state index contributed by atoms with van der Waals surface area (Å²) < 4.78 is 17.8. The Hall–Kier alpha value is -12.0. The van der Waals surface area contributed by atoms with Gasteiger partial charge in [0.25, 0.3) is 0 Å². The van der Waals surface area contributed by atoms with Crippen LogP contribution in [0.25, 0.3) is 98.4 Å². The van der Waals surface area contributed by atoms with E-state index in [0.717, 1.165) is 115 Å². The van der Waals surface area contributed by atoms with E-state index in [2.05, 4.69) is 339 Å². The molecule has 0 atom stereocenters. The number of aromatic amines is 9. The first-order valence-corrected chi connectivity index (χ1v) is 55.3. The number of hydrogen-bond acceptors (Lipinski definition) is 7. The van der Waals surface area contributed by atoms with Crippen LogP contribution in [0.15, 0.2) is 220 Å². The number of nitrogens with zero attached hydrogens (tertiary/aromatic N) is 2. The molecule has 18 aromatic rings. The highest BCUT2D eigenvalue weighted by Gasteiger charge is 2.13. The maximum absolute atomic E-state index is 5.96. The smallest absolute Gasteiger partial charge is 0.120 e. The number of unbranched alkanes of at least 4 members (excludes halogenated alkanes) is 19. The molecule has 13 N–H and O–H groups in total. The number of ether oxygens (including phenoxy) is 3. The Balaban J connectivity index is 0.000000167. The van der Waals surface area contributed by atoms with Crippen molar-refractivity contribution in [3.8, 4) is 17.2 Å². The van der Waals surface area contributed by atoms with Gasteiger partial charge in [0.2, 0.25) is 0 Å². The van der Waals surface area contributed by atoms with Gasteiger partial charge in [0.05, 0.1) is 41.9 Å². The van der Waals surface area contributed by atoms with E-state index in [4.69, 9.17) is 25.7 Å². The largest absolute Gasteiger partial charge is 0.494 e. The topological polar surface area (TPSA) is 248 Å². The van der Waals surface area contributed by atoms with Crippen LogP contribution in [0, 0.1) is 27.7 Å². The number of hydrogen-bond donors (Lipinski definition) is 11. The number of para-hydroxylation sites is 2. The second-order valence-electron chi connectivity index (χ2n) is 38.9. The summed E-state index contributed by atoms with van der Waals surface area (Å²) in [5, 5.41) is 9.41. The monoisotopic (exact) mass is 1930 g/mol. The van der Waals surface area contributed by atoms with Crippen LogP contribution in [0.2, 0.25) is 0 Å². The Morgan fingerprint density at radius 3 is 0.734 bits per heavy atom. The van der Waals surface area contributed by atoms with Gasteiger partial charge in [0.1, 0.15) is 17.2 Å². The SMILES string of the molecule is CCCCCCCCCCCOc1ccc2[nH]cc(CCC)c2c1.CCCCCCCCCOc1ccc2[nH]cc(CCC)c2c1.CCCCCCCCOc1ccc2[nH]cc(CCC)c2c1.CCCc1c[nH]c2ccc(C)cc12.CCCc1c[nH]c2ccc(C)nc12.CCCc1c[nH]c2ccccc12.CCCc1c[nH]c2ccccc12.Cc1ccc2[nH]cc(CCN)c2c1.Cc1ccc2[nH]cc(CCN)c2n1. The van der Waals surface area contributed by atoms with Gasteiger partial charge in [-0.05, 0) is 283 Å². The lowest BCUT2D eigenvalue weighted by atomic mass is 10.1. The van der Waals surface area contributed by atoms with Crippen molar-refractivity contribution in [3.63, 3.8) is 0 Å². The second-order valence-corrected chi connectivity index (χ2v) is 38.9. The first-order chi connectivity index (χ1) is 70.1. The number of H-pyrrole nitrogens is 9. The summed E-state index contributed by atoms with van der Waals surface area (Å²) in [6, 6.07) is 57.3. The Morgan fingerprint density at radius 1 is 0.210 bits per heavy atom. The van der Waals surface area contributed by atoms with Crippen molar-refractivity contribution in [3.05, 3.63) is 292 Å². The minimum atomic E-state index is 0.669. The van der Waals surface area contributed by atoms with E-state index < -0.39 is 0 Å². The van der Waals surface area contributed by atoms with Gasteiger partial charge < -0.3 is 70.5 Å². The van der Waals surface area contributed by atoms with Crippen LogP contribution in [0.5, 0.6) is 17.2 Å². The lowest BCUT2D eigenvalue weighted by Gasteiger charge is -2.07. The van der Waals surface area contributed by atoms with Gasteiger partial charge in [-0.1, -0.05) is 296 Å². The third-order valence-corrected chi connectivity index (χ3v) is 26.7. The van der Waals surface area contributed by atoms with Crippen molar-refractivity contribution < 1.29 is 14.2 Å². The van der Waals surface area contributed by atoms with Crippen molar-refractivity contribution >= 4 is 98.4 Å². The molecule has 18 rings (SSSR count). The summed E-state index contributed by atoms with van der Waals surface area (Å²) in [5.41, 5.74) is 41.2. The van der Waals surface area contributed by atoms with Gasteiger partial charge >= 0.3 is 0 Å². The summed E-state index contributed by atoms with van der Waals surface area (Å²) in [7, 11) is 0. The molecule has 0 unspecified atom stereocenters. The molecule has 16 heteroatoms. The molecule has 7 aromatic carbocycles. The number of rotatable bonds is 46. The lowest BCUT2D eigenvalue weighted by Crippen LogP contribution is -2.02. The Kier molecular flexibility index (Phi) is 51.0. The van der Waals surface area contributed by atoms with Crippen molar-refractivity contribution in [1.82, 2.24) is 54.8 Å². The molecule has 0 bridgehead atoms. The van der Waals surface area contributed by atoms with Crippen LogP contribution in [-0.4, -0.2) is 87.7 Å².